The molecular weight excluding hydrogens is 322 g/mol. The normalized spacial score (nSPS) is 28.0. The zero-order valence-corrected chi connectivity index (χ0v) is 15.8. The van der Waals surface area contributed by atoms with Gasteiger partial charge >= 0.3 is 0 Å². The summed E-state index contributed by atoms with van der Waals surface area (Å²) in [7, 11) is 4.05. The van der Waals surface area contributed by atoms with E-state index in [-0.39, 0.29) is 5.92 Å². The molecule has 2 aliphatic rings. The zero-order valence-electron chi connectivity index (χ0n) is 15.8. The first-order valence-corrected chi connectivity index (χ1v) is 9.67. The molecule has 0 amide bonds. The summed E-state index contributed by atoms with van der Waals surface area (Å²) in [5, 5.41) is 0. The summed E-state index contributed by atoms with van der Waals surface area (Å²) < 4.78 is 6.57. The molecule has 3 heteroatoms. The van der Waals surface area contributed by atoms with Gasteiger partial charge in [0.15, 0.2) is 5.78 Å². The highest BCUT2D eigenvalue weighted by Crippen LogP contribution is 2.40. The molecule has 1 heterocycles. The lowest BCUT2D eigenvalue weighted by molar-refractivity contribution is -0.928. The Kier molecular flexibility index (Phi) is 4.58. The van der Waals surface area contributed by atoms with E-state index in [0.29, 0.717) is 11.7 Å². The zero-order chi connectivity index (χ0) is 18.1. The van der Waals surface area contributed by atoms with Crippen LogP contribution in [0.4, 0.5) is 0 Å². The molecule has 0 spiro atoms. The lowest BCUT2D eigenvalue weighted by Gasteiger charge is -2.42. The van der Waals surface area contributed by atoms with Crippen LogP contribution in [0.25, 0.3) is 0 Å². The van der Waals surface area contributed by atoms with Crippen LogP contribution in [-0.2, 0) is 13.0 Å². The van der Waals surface area contributed by atoms with Gasteiger partial charge in [-0.3, -0.25) is 4.79 Å². The van der Waals surface area contributed by atoms with Gasteiger partial charge in [0.1, 0.15) is 12.3 Å². The molecule has 136 valence electrons. The highest BCUT2D eigenvalue weighted by atomic mass is 16.5. The minimum Gasteiger partial charge on any atom is -0.496 e. The Hall–Kier alpha value is -2.13. The van der Waals surface area contributed by atoms with E-state index in [1.807, 2.05) is 18.2 Å². The largest absolute Gasteiger partial charge is 0.496 e. The number of piperidine rings is 1. The van der Waals surface area contributed by atoms with E-state index in [4.69, 9.17) is 4.74 Å². The summed E-state index contributed by atoms with van der Waals surface area (Å²) in [5.41, 5.74) is 3.42. The summed E-state index contributed by atoms with van der Waals surface area (Å²) in [6.07, 6.45) is 3.12. The molecule has 4 rings (SSSR count). The number of ether oxygens (including phenoxy) is 1. The van der Waals surface area contributed by atoms with Crippen molar-refractivity contribution >= 4 is 5.78 Å². The fourth-order valence-electron chi connectivity index (χ4n) is 4.89. The van der Waals surface area contributed by atoms with E-state index >= 15 is 0 Å². The predicted molar refractivity (Wildman–Crippen MR) is 103 cm³/mol. The van der Waals surface area contributed by atoms with Crippen LogP contribution in [-0.4, -0.2) is 37.5 Å². The van der Waals surface area contributed by atoms with Gasteiger partial charge in [-0.2, -0.15) is 0 Å². The molecular formula is C23H28NO2+. The van der Waals surface area contributed by atoms with Gasteiger partial charge in [0.25, 0.3) is 0 Å². The van der Waals surface area contributed by atoms with Crippen molar-refractivity contribution in [3.63, 3.8) is 0 Å². The van der Waals surface area contributed by atoms with Gasteiger partial charge in [0.2, 0.25) is 0 Å². The van der Waals surface area contributed by atoms with E-state index in [0.717, 1.165) is 60.3 Å². The number of Topliss-reactive ketones (excluding diaryl/α,β-unsaturated/α-hetero) is 1. The minimum absolute atomic E-state index is 0.145. The van der Waals surface area contributed by atoms with Gasteiger partial charge in [0.05, 0.1) is 27.2 Å². The number of hydrogen-bond donors (Lipinski definition) is 0. The molecule has 1 unspecified atom stereocenters. The first-order valence-electron chi connectivity index (χ1n) is 9.67. The quantitative estimate of drug-likeness (QED) is 0.776. The van der Waals surface area contributed by atoms with Gasteiger partial charge in [-0.25, -0.2) is 0 Å². The number of nitrogens with zero attached hydrogens (tertiary/aromatic N) is 1. The molecule has 1 fully saturated rings. The third-order valence-electron chi connectivity index (χ3n) is 6.43. The van der Waals surface area contributed by atoms with Crippen molar-refractivity contribution in [3.05, 3.63) is 65.2 Å². The molecule has 0 radical (unpaired) electrons. The van der Waals surface area contributed by atoms with Crippen molar-refractivity contribution < 1.29 is 14.0 Å². The number of ketones is 1. The fraction of sp³-hybridized carbons (Fsp3) is 0.435. The van der Waals surface area contributed by atoms with Crippen molar-refractivity contribution in [3.8, 4) is 5.75 Å². The van der Waals surface area contributed by atoms with E-state index in [9.17, 15) is 4.79 Å². The summed E-state index contributed by atoms with van der Waals surface area (Å²) in [6, 6.07) is 16.6. The van der Waals surface area contributed by atoms with Crippen molar-refractivity contribution in [2.75, 3.05) is 27.2 Å². The number of benzene rings is 2. The van der Waals surface area contributed by atoms with E-state index in [2.05, 4.69) is 37.4 Å². The van der Waals surface area contributed by atoms with Crippen molar-refractivity contribution in [2.45, 2.75) is 25.8 Å². The van der Waals surface area contributed by atoms with E-state index < -0.39 is 0 Å². The molecule has 3 nitrogen and oxygen atoms in total. The van der Waals surface area contributed by atoms with E-state index in [1.54, 1.807) is 7.11 Å². The SMILES string of the molecule is COc1cccc2c1CC(C1CC[N+](C)(Cc3ccccc3)CC1)C2=O. The number of carbonyl (C=O) groups excluding carboxylic acids is 1. The summed E-state index contributed by atoms with van der Waals surface area (Å²) >= 11 is 0. The smallest absolute Gasteiger partial charge is 0.166 e. The average Bonchev–Trinajstić information content (AvgIpc) is 3.00. The Morgan fingerprint density at radius 3 is 2.46 bits per heavy atom. The molecule has 1 atom stereocenters. The van der Waals surface area contributed by atoms with Crippen molar-refractivity contribution in [2.24, 2.45) is 11.8 Å². The monoisotopic (exact) mass is 350 g/mol. The van der Waals surface area contributed by atoms with E-state index in [1.165, 1.54) is 5.56 Å². The molecule has 0 bridgehead atoms. The maximum atomic E-state index is 13.0. The van der Waals surface area contributed by atoms with Gasteiger partial charge in [-0.1, -0.05) is 42.5 Å². The summed E-state index contributed by atoms with van der Waals surface area (Å²) in [4.78, 5) is 13.0. The molecule has 2 aromatic carbocycles. The Morgan fingerprint density at radius 2 is 1.77 bits per heavy atom. The summed E-state index contributed by atoms with van der Waals surface area (Å²) in [6.45, 7) is 3.38. The summed E-state index contributed by atoms with van der Waals surface area (Å²) in [5.74, 6) is 1.86. The predicted octanol–water partition coefficient (Wildman–Crippen LogP) is 4.11. The number of carbonyl (C=O) groups is 1. The van der Waals surface area contributed by atoms with Crippen molar-refractivity contribution in [1.82, 2.24) is 0 Å². The lowest BCUT2D eigenvalue weighted by Crippen LogP contribution is -2.50. The lowest BCUT2D eigenvalue weighted by atomic mass is 9.81. The first kappa shape index (κ1) is 17.3. The molecule has 1 aliphatic heterocycles. The maximum absolute atomic E-state index is 13.0. The average molecular weight is 350 g/mol. The Bertz CT molecular complexity index is 791. The number of quaternary nitrogens is 1. The van der Waals surface area contributed by atoms with Gasteiger partial charge in [-0.05, 0) is 18.4 Å². The van der Waals surface area contributed by atoms with Crippen LogP contribution in [0.15, 0.2) is 48.5 Å². The maximum Gasteiger partial charge on any atom is 0.166 e. The number of fused-ring (bicyclic) bond motifs is 1. The third kappa shape index (κ3) is 3.16. The second kappa shape index (κ2) is 6.88. The molecule has 1 aliphatic carbocycles. The van der Waals surface area contributed by atoms with Gasteiger partial charge < -0.3 is 9.22 Å². The van der Waals surface area contributed by atoms with Crippen LogP contribution in [0.2, 0.25) is 0 Å². The first-order chi connectivity index (χ1) is 12.6. The van der Waals surface area contributed by atoms with Gasteiger partial charge in [-0.15, -0.1) is 0 Å². The minimum atomic E-state index is 0.145. The molecule has 0 aromatic heterocycles. The fourth-order valence-corrected chi connectivity index (χ4v) is 4.89. The highest BCUT2D eigenvalue weighted by molar-refractivity contribution is 6.03. The van der Waals surface area contributed by atoms with Gasteiger partial charge in [0, 0.05) is 35.4 Å². The van der Waals surface area contributed by atoms with Crippen LogP contribution < -0.4 is 4.74 Å². The van der Waals surface area contributed by atoms with Crippen LogP contribution in [0.1, 0.15) is 34.3 Å². The van der Waals surface area contributed by atoms with Crippen LogP contribution in [0, 0.1) is 11.8 Å². The molecule has 0 saturated carbocycles. The Morgan fingerprint density at radius 1 is 1.04 bits per heavy atom. The number of hydrogen-bond acceptors (Lipinski definition) is 2. The number of rotatable bonds is 4. The molecule has 2 aromatic rings. The standard InChI is InChI=1S/C23H28NO2/c1-24(16-17-7-4-3-5-8-17)13-11-18(12-14-24)20-15-21-19(23(20)25)9-6-10-22(21)26-2/h3-10,18,20H,11-16H2,1-2H3/q+1. The second-order valence-corrected chi connectivity index (χ2v) is 8.21. The highest BCUT2D eigenvalue weighted by Gasteiger charge is 2.41. The number of methoxy groups -OCH3 is 1. The number of likely N-dealkylation sites (tertiary alicyclic amines) is 1. The molecule has 1 saturated heterocycles. The van der Waals surface area contributed by atoms with Crippen molar-refractivity contribution in [1.29, 1.82) is 0 Å². The molecule has 26 heavy (non-hydrogen) atoms. The third-order valence-corrected chi connectivity index (χ3v) is 6.43. The van der Waals surface area contributed by atoms with Crippen LogP contribution >= 0.6 is 0 Å². The van der Waals surface area contributed by atoms with Crippen LogP contribution in [0.5, 0.6) is 5.75 Å². The Balaban J connectivity index is 1.43. The topological polar surface area (TPSA) is 26.3 Å². The Labute approximate surface area is 156 Å². The molecule has 0 N–H and O–H groups in total. The second-order valence-electron chi connectivity index (χ2n) is 8.21. The van der Waals surface area contributed by atoms with Crippen LogP contribution in [0.3, 0.4) is 0 Å².